The average Bonchev–Trinajstić information content (AvgIpc) is 2.67. The fourth-order valence-corrected chi connectivity index (χ4v) is 1.99. The molecule has 0 saturated carbocycles. The van der Waals surface area contributed by atoms with Gasteiger partial charge in [-0.15, -0.1) is 0 Å². The first-order valence-corrected chi connectivity index (χ1v) is 6.65. The Bertz CT molecular complexity index is 490. The van der Waals surface area contributed by atoms with Crippen molar-refractivity contribution in [2.24, 2.45) is 0 Å². The van der Waals surface area contributed by atoms with Crippen molar-refractivity contribution in [3.8, 4) is 5.75 Å². The summed E-state index contributed by atoms with van der Waals surface area (Å²) in [5.74, 6) is 0.233. The minimum Gasteiger partial charge on any atom is -0.491 e. The third kappa shape index (κ3) is 3.40. The Morgan fingerprint density at radius 3 is 3.00 bits per heavy atom. The van der Waals surface area contributed by atoms with E-state index in [1.54, 1.807) is 11.8 Å². The monoisotopic (exact) mass is 278 g/mol. The van der Waals surface area contributed by atoms with Gasteiger partial charge < -0.3 is 14.8 Å². The first-order chi connectivity index (χ1) is 9.72. The summed E-state index contributed by atoms with van der Waals surface area (Å²) in [5, 5.41) is 2.56. The Morgan fingerprint density at radius 1 is 1.40 bits per heavy atom. The minimum absolute atomic E-state index is 0.133. The second-order valence-corrected chi connectivity index (χ2v) is 4.29. The van der Waals surface area contributed by atoms with Crippen LogP contribution in [0.3, 0.4) is 0 Å². The van der Waals surface area contributed by atoms with Gasteiger partial charge in [0.25, 0.3) is 0 Å². The topological polar surface area (TPSA) is 67.9 Å². The van der Waals surface area contributed by atoms with Gasteiger partial charge in [-0.3, -0.25) is 9.69 Å². The molecule has 1 aliphatic rings. The number of carbonyl (C=O) groups is 2. The van der Waals surface area contributed by atoms with Crippen LogP contribution in [-0.4, -0.2) is 38.3 Å². The van der Waals surface area contributed by atoms with Crippen molar-refractivity contribution in [2.75, 3.05) is 31.2 Å². The van der Waals surface area contributed by atoms with E-state index in [-0.39, 0.29) is 12.6 Å². The number of ether oxygens (including phenoxy) is 2. The van der Waals surface area contributed by atoms with Crippen molar-refractivity contribution in [2.45, 2.75) is 13.3 Å². The summed E-state index contributed by atoms with van der Waals surface area (Å²) < 4.78 is 10.4. The van der Waals surface area contributed by atoms with E-state index in [1.807, 2.05) is 24.3 Å². The molecule has 0 radical (unpaired) electrons. The number of nitrogens with zero attached hydrogens (tertiary/aromatic N) is 1. The van der Waals surface area contributed by atoms with Gasteiger partial charge in [0.2, 0.25) is 0 Å². The molecule has 2 rings (SSSR count). The average molecular weight is 278 g/mol. The van der Waals surface area contributed by atoms with Crippen LogP contribution in [-0.2, 0) is 9.53 Å². The second kappa shape index (κ2) is 6.79. The number of benzene rings is 1. The van der Waals surface area contributed by atoms with Gasteiger partial charge >= 0.3 is 12.0 Å². The Kier molecular flexibility index (Phi) is 4.81. The second-order valence-electron chi connectivity index (χ2n) is 4.29. The quantitative estimate of drug-likeness (QED) is 0.852. The first-order valence-electron chi connectivity index (χ1n) is 6.65. The molecule has 6 nitrogen and oxygen atoms in total. The largest absolute Gasteiger partial charge is 0.491 e. The molecule has 0 aromatic heterocycles. The molecule has 0 atom stereocenters. The molecule has 0 spiro atoms. The van der Waals surface area contributed by atoms with Crippen LogP contribution in [0.15, 0.2) is 24.3 Å². The molecule has 0 saturated heterocycles. The molecule has 1 aromatic rings. The fourth-order valence-electron chi connectivity index (χ4n) is 1.99. The molecule has 20 heavy (non-hydrogen) atoms. The minimum atomic E-state index is -0.444. The predicted molar refractivity (Wildman–Crippen MR) is 73.9 cm³/mol. The van der Waals surface area contributed by atoms with Crippen molar-refractivity contribution in [3.05, 3.63) is 24.3 Å². The molecule has 6 heteroatoms. The number of esters is 1. The van der Waals surface area contributed by atoms with Crippen molar-refractivity contribution in [1.82, 2.24) is 5.32 Å². The summed E-state index contributed by atoms with van der Waals surface area (Å²) in [4.78, 5) is 25.0. The SMILES string of the molecule is CCOC(=O)CNC(=O)N1CCCOc2ccccc21. The van der Waals surface area contributed by atoms with Crippen molar-refractivity contribution in [1.29, 1.82) is 0 Å². The highest BCUT2D eigenvalue weighted by Gasteiger charge is 2.22. The lowest BCUT2D eigenvalue weighted by Gasteiger charge is -2.21. The smallest absolute Gasteiger partial charge is 0.325 e. The van der Waals surface area contributed by atoms with Crippen LogP contribution in [0.4, 0.5) is 10.5 Å². The summed E-state index contributed by atoms with van der Waals surface area (Å²) in [5.41, 5.74) is 0.714. The number of urea groups is 1. The predicted octanol–water partition coefficient (Wildman–Crippen LogP) is 1.55. The molecular weight excluding hydrogens is 260 g/mol. The Labute approximate surface area is 117 Å². The maximum atomic E-state index is 12.2. The molecule has 0 fully saturated rings. The summed E-state index contributed by atoms with van der Waals surface area (Å²) in [6, 6.07) is 7.03. The molecule has 1 aromatic carbocycles. The lowest BCUT2D eigenvalue weighted by atomic mass is 10.2. The van der Waals surface area contributed by atoms with Gasteiger partial charge in [0.1, 0.15) is 12.3 Å². The van der Waals surface area contributed by atoms with Crippen LogP contribution in [0.25, 0.3) is 0 Å². The maximum absolute atomic E-state index is 12.2. The van der Waals surface area contributed by atoms with Gasteiger partial charge in [-0.1, -0.05) is 12.1 Å². The number of para-hydroxylation sites is 2. The van der Waals surface area contributed by atoms with E-state index in [9.17, 15) is 9.59 Å². The third-order valence-electron chi connectivity index (χ3n) is 2.87. The van der Waals surface area contributed by atoms with Gasteiger partial charge in [-0.05, 0) is 25.5 Å². The van der Waals surface area contributed by atoms with Gasteiger partial charge in [0, 0.05) is 6.54 Å². The molecule has 1 heterocycles. The highest BCUT2D eigenvalue weighted by Crippen LogP contribution is 2.30. The van der Waals surface area contributed by atoms with Crippen LogP contribution in [0.2, 0.25) is 0 Å². The fraction of sp³-hybridized carbons (Fsp3) is 0.429. The highest BCUT2D eigenvalue weighted by atomic mass is 16.5. The first kappa shape index (κ1) is 14.2. The van der Waals surface area contributed by atoms with Crippen LogP contribution < -0.4 is 15.0 Å². The highest BCUT2D eigenvalue weighted by molar-refractivity contribution is 5.95. The number of nitrogens with one attached hydrogen (secondary N) is 1. The summed E-state index contributed by atoms with van der Waals surface area (Å²) >= 11 is 0. The lowest BCUT2D eigenvalue weighted by molar-refractivity contribution is -0.141. The van der Waals surface area contributed by atoms with Crippen LogP contribution in [0.1, 0.15) is 13.3 Å². The molecule has 1 aliphatic heterocycles. The number of anilines is 1. The summed E-state index contributed by atoms with van der Waals surface area (Å²) in [6.07, 6.45) is 0.738. The Hall–Kier alpha value is -2.24. The van der Waals surface area contributed by atoms with E-state index >= 15 is 0 Å². The molecule has 108 valence electrons. The van der Waals surface area contributed by atoms with E-state index in [2.05, 4.69) is 5.32 Å². The van der Waals surface area contributed by atoms with Crippen LogP contribution in [0.5, 0.6) is 5.75 Å². The molecule has 2 amide bonds. The van der Waals surface area contributed by atoms with Gasteiger partial charge in [-0.25, -0.2) is 4.79 Å². The number of hydrogen-bond donors (Lipinski definition) is 1. The van der Waals surface area contributed by atoms with E-state index in [0.29, 0.717) is 31.2 Å². The maximum Gasteiger partial charge on any atom is 0.325 e. The number of amides is 2. The summed E-state index contributed by atoms with van der Waals surface area (Å²) in [7, 11) is 0. The lowest BCUT2D eigenvalue weighted by Crippen LogP contribution is -2.42. The molecule has 0 bridgehead atoms. The van der Waals surface area contributed by atoms with Crippen molar-refractivity contribution < 1.29 is 19.1 Å². The molecule has 0 aliphatic carbocycles. The van der Waals surface area contributed by atoms with Crippen LogP contribution in [0, 0.1) is 0 Å². The van der Waals surface area contributed by atoms with Gasteiger partial charge in [0.05, 0.1) is 18.9 Å². The number of hydrogen-bond acceptors (Lipinski definition) is 4. The zero-order valence-electron chi connectivity index (χ0n) is 11.4. The van der Waals surface area contributed by atoms with E-state index < -0.39 is 5.97 Å². The number of fused-ring (bicyclic) bond motifs is 1. The van der Waals surface area contributed by atoms with Gasteiger partial charge in [-0.2, -0.15) is 0 Å². The zero-order chi connectivity index (χ0) is 14.4. The number of carbonyl (C=O) groups excluding carboxylic acids is 2. The van der Waals surface area contributed by atoms with E-state index in [4.69, 9.17) is 9.47 Å². The zero-order valence-corrected chi connectivity index (χ0v) is 11.4. The molecule has 1 N–H and O–H groups in total. The van der Waals surface area contributed by atoms with Crippen molar-refractivity contribution >= 4 is 17.7 Å². The summed E-state index contributed by atoms with van der Waals surface area (Å²) in [6.45, 7) is 3.01. The number of rotatable bonds is 3. The molecular formula is C14H18N2O4. The standard InChI is InChI=1S/C14H18N2O4/c1-2-19-13(17)10-15-14(18)16-8-5-9-20-12-7-4-3-6-11(12)16/h3-4,6-7H,2,5,8-10H2,1H3,(H,15,18). The van der Waals surface area contributed by atoms with E-state index in [1.165, 1.54) is 0 Å². The van der Waals surface area contributed by atoms with E-state index in [0.717, 1.165) is 6.42 Å². The van der Waals surface area contributed by atoms with Crippen molar-refractivity contribution in [3.63, 3.8) is 0 Å². The molecule has 0 unspecified atom stereocenters. The van der Waals surface area contributed by atoms with Crippen LogP contribution >= 0.6 is 0 Å². The normalized spacial score (nSPS) is 13.8. The third-order valence-corrected chi connectivity index (χ3v) is 2.87. The van der Waals surface area contributed by atoms with Gasteiger partial charge in [0.15, 0.2) is 0 Å². The Morgan fingerprint density at radius 2 is 2.20 bits per heavy atom. The Balaban J connectivity index is 2.04.